The largest absolute Gasteiger partial charge is 0.494 e. The highest BCUT2D eigenvalue weighted by atomic mass is 16.5. The van der Waals surface area contributed by atoms with Crippen LogP contribution >= 0.6 is 0 Å². The molecule has 0 saturated carbocycles. The molecule has 0 N–H and O–H groups in total. The standard InChI is InChI=1S/C12H14O3/c1-2-3-6-14-10-5-4-9-8-15-12(13)11(9)7-10/h4-5,7H,2-3,6,8H2,1H3. The number of fused-ring (bicyclic) bond motifs is 1. The second-order valence-electron chi connectivity index (χ2n) is 3.60. The van der Waals surface area contributed by atoms with E-state index in [0.717, 1.165) is 24.2 Å². The quantitative estimate of drug-likeness (QED) is 0.561. The van der Waals surface area contributed by atoms with Crippen molar-refractivity contribution < 1.29 is 14.3 Å². The average Bonchev–Trinajstić information content (AvgIpc) is 2.61. The number of esters is 1. The molecule has 0 bridgehead atoms. The van der Waals surface area contributed by atoms with Crippen molar-refractivity contribution >= 4 is 5.97 Å². The molecule has 80 valence electrons. The Labute approximate surface area is 89.0 Å². The fraction of sp³-hybridized carbons (Fsp3) is 0.417. The Morgan fingerprint density at radius 3 is 3.13 bits per heavy atom. The van der Waals surface area contributed by atoms with Crippen molar-refractivity contribution in [3.8, 4) is 5.75 Å². The Morgan fingerprint density at radius 1 is 1.47 bits per heavy atom. The zero-order valence-electron chi connectivity index (χ0n) is 8.79. The molecule has 0 spiro atoms. The Hall–Kier alpha value is -1.51. The second kappa shape index (κ2) is 4.34. The molecular weight excluding hydrogens is 192 g/mol. The van der Waals surface area contributed by atoms with Crippen LogP contribution in [0.1, 0.15) is 35.7 Å². The van der Waals surface area contributed by atoms with Gasteiger partial charge < -0.3 is 9.47 Å². The third-order valence-corrected chi connectivity index (χ3v) is 2.43. The summed E-state index contributed by atoms with van der Waals surface area (Å²) < 4.78 is 10.4. The predicted octanol–water partition coefficient (Wildman–Crippen LogP) is 2.54. The number of unbranched alkanes of at least 4 members (excludes halogenated alkanes) is 1. The molecule has 3 nitrogen and oxygen atoms in total. The van der Waals surface area contributed by atoms with E-state index in [-0.39, 0.29) is 5.97 Å². The van der Waals surface area contributed by atoms with Crippen LogP contribution in [0.5, 0.6) is 5.75 Å². The summed E-state index contributed by atoms with van der Waals surface area (Å²) >= 11 is 0. The van der Waals surface area contributed by atoms with Crippen LogP contribution in [0.15, 0.2) is 18.2 Å². The van der Waals surface area contributed by atoms with E-state index in [1.807, 2.05) is 12.1 Å². The minimum Gasteiger partial charge on any atom is -0.494 e. The number of hydrogen-bond donors (Lipinski definition) is 0. The van der Waals surface area contributed by atoms with Gasteiger partial charge in [0.15, 0.2) is 0 Å². The Bertz CT molecular complexity index is 371. The molecule has 1 aliphatic heterocycles. The number of carbonyl (C=O) groups excluding carboxylic acids is 1. The van der Waals surface area contributed by atoms with Gasteiger partial charge in [-0.15, -0.1) is 0 Å². The molecule has 3 heteroatoms. The summed E-state index contributed by atoms with van der Waals surface area (Å²) in [7, 11) is 0. The first-order valence-corrected chi connectivity index (χ1v) is 5.24. The van der Waals surface area contributed by atoms with Crippen LogP contribution in [0.25, 0.3) is 0 Å². The van der Waals surface area contributed by atoms with Crippen LogP contribution in [0, 0.1) is 0 Å². The average molecular weight is 206 g/mol. The summed E-state index contributed by atoms with van der Waals surface area (Å²) in [6, 6.07) is 5.54. The lowest BCUT2D eigenvalue weighted by Gasteiger charge is -2.05. The van der Waals surface area contributed by atoms with Crippen molar-refractivity contribution in [1.29, 1.82) is 0 Å². The van der Waals surface area contributed by atoms with E-state index in [0.29, 0.717) is 18.8 Å². The van der Waals surface area contributed by atoms with Crippen molar-refractivity contribution in [2.24, 2.45) is 0 Å². The number of ether oxygens (including phenoxy) is 2. The molecule has 0 fully saturated rings. The van der Waals surface area contributed by atoms with E-state index in [1.54, 1.807) is 6.07 Å². The fourth-order valence-corrected chi connectivity index (χ4v) is 1.52. The molecule has 1 aromatic rings. The normalized spacial score (nSPS) is 13.5. The van der Waals surface area contributed by atoms with Crippen molar-refractivity contribution in [3.05, 3.63) is 29.3 Å². The molecule has 1 aliphatic rings. The van der Waals surface area contributed by atoms with Gasteiger partial charge in [-0.3, -0.25) is 0 Å². The first-order valence-electron chi connectivity index (χ1n) is 5.24. The summed E-state index contributed by atoms with van der Waals surface area (Å²) in [5, 5.41) is 0. The van der Waals surface area contributed by atoms with Gasteiger partial charge in [-0.1, -0.05) is 19.4 Å². The van der Waals surface area contributed by atoms with Crippen LogP contribution in [0.2, 0.25) is 0 Å². The van der Waals surface area contributed by atoms with Crippen LogP contribution in [0.4, 0.5) is 0 Å². The number of benzene rings is 1. The van der Waals surface area contributed by atoms with E-state index in [9.17, 15) is 4.79 Å². The minimum atomic E-state index is -0.244. The molecular formula is C12H14O3. The lowest BCUT2D eigenvalue weighted by molar-refractivity contribution is 0.0535. The summed E-state index contributed by atoms with van der Waals surface area (Å²) in [6.45, 7) is 3.21. The zero-order valence-corrected chi connectivity index (χ0v) is 8.79. The Balaban J connectivity index is 2.08. The summed E-state index contributed by atoms with van der Waals surface area (Å²) in [5.74, 6) is 0.506. The van der Waals surface area contributed by atoms with E-state index >= 15 is 0 Å². The van der Waals surface area contributed by atoms with Crippen LogP contribution in [0.3, 0.4) is 0 Å². The van der Waals surface area contributed by atoms with Crippen LogP contribution < -0.4 is 4.74 Å². The third-order valence-electron chi connectivity index (χ3n) is 2.43. The molecule has 0 amide bonds. The minimum absolute atomic E-state index is 0.244. The maximum Gasteiger partial charge on any atom is 0.339 e. The van der Waals surface area contributed by atoms with E-state index in [2.05, 4.69) is 6.92 Å². The van der Waals surface area contributed by atoms with Gasteiger partial charge in [0.2, 0.25) is 0 Å². The first kappa shape index (κ1) is 10.0. The van der Waals surface area contributed by atoms with Gasteiger partial charge in [0.25, 0.3) is 0 Å². The molecule has 15 heavy (non-hydrogen) atoms. The molecule has 0 unspecified atom stereocenters. The van der Waals surface area contributed by atoms with Crippen molar-refractivity contribution in [3.63, 3.8) is 0 Å². The fourth-order valence-electron chi connectivity index (χ4n) is 1.52. The van der Waals surface area contributed by atoms with Gasteiger partial charge in [0.05, 0.1) is 12.2 Å². The third kappa shape index (κ3) is 2.12. The molecule has 0 aromatic heterocycles. The van der Waals surface area contributed by atoms with Gasteiger partial charge in [-0.2, -0.15) is 0 Å². The van der Waals surface area contributed by atoms with Crippen LogP contribution in [-0.2, 0) is 11.3 Å². The molecule has 0 radical (unpaired) electrons. The highest BCUT2D eigenvalue weighted by Crippen LogP contribution is 2.24. The lowest BCUT2D eigenvalue weighted by atomic mass is 10.1. The highest BCUT2D eigenvalue weighted by Gasteiger charge is 2.21. The molecule has 1 aromatic carbocycles. The van der Waals surface area contributed by atoms with Gasteiger partial charge in [0, 0.05) is 5.56 Å². The molecule has 2 rings (SSSR count). The van der Waals surface area contributed by atoms with Gasteiger partial charge in [-0.25, -0.2) is 4.79 Å². The maximum absolute atomic E-state index is 11.3. The number of carbonyl (C=O) groups is 1. The van der Waals surface area contributed by atoms with E-state index < -0.39 is 0 Å². The number of hydrogen-bond acceptors (Lipinski definition) is 3. The molecule has 0 aliphatic carbocycles. The highest BCUT2D eigenvalue weighted by molar-refractivity contribution is 5.93. The van der Waals surface area contributed by atoms with E-state index in [1.165, 1.54) is 0 Å². The van der Waals surface area contributed by atoms with Crippen molar-refractivity contribution in [2.45, 2.75) is 26.4 Å². The number of rotatable bonds is 4. The first-order chi connectivity index (χ1) is 7.31. The van der Waals surface area contributed by atoms with Crippen molar-refractivity contribution in [1.82, 2.24) is 0 Å². The molecule has 1 heterocycles. The maximum atomic E-state index is 11.3. The second-order valence-corrected chi connectivity index (χ2v) is 3.60. The smallest absolute Gasteiger partial charge is 0.339 e. The van der Waals surface area contributed by atoms with Gasteiger partial charge >= 0.3 is 5.97 Å². The van der Waals surface area contributed by atoms with E-state index in [4.69, 9.17) is 9.47 Å². The van der Waals surface area contributed by atoms with Gasteiger partial charge in [-0.05, 0) is 18.6 Å². The van der Waals surface area contributed by atoms with Gasteiger partial charge in [0.1, 0.15) is 12.4 Å². The van der Waals surface area contributed by atoms with Crippen molar-refractivity contribution in [2.75, 3.05) is 6.61 Å². The molecule has 0 saturated heterocycles. The summed E-state index contributed by atoms with van der Waals surface area (Å²) in [6.07, 6.45) is 2.13. The monoisotopic (exact) mass is 206 g/mol. The predicted molar refractivity (Wildman–Crippen MR) is 56.0 cm³/mol. The lowest BCUT2D eigenvalue weighted by Crippen LogP contribution is -1.98. The summed E-state index contributed by atoms with van der Waals surface area (Å²) in [5.41, 5.74) is 1.59. The SMILES string of the molecule is CCCCOc1ccc2c(c1)C(=O)OC2. The van der Waals surface area contributed by atoms with Crippen LogP contribution in [-0.4, -0.2) is 12.6 Å². The molecule has 0 atom stereocenters. The Kier molecular flexibility index (Phi) is 2.90. The number of cyclic esters (lactones) is 1. The topological polar surface area (TPSA) is 35.5 Å². The Morgan fingerprint density at radius 2 is 2.33 bits per heavy atom. The summed E-state index contributed by atoms with van der Waals surface area (Å²) in [4.78, 5) is 11.3. The zero-order chi connectivity index (χ0) is 10.7.